The molecule has 2 aromatic rings. The van der Waals surface area contributed by atoms with Gasteiger partial charge in [-0.1, -0.05) is 73.8 Å². The quantitative estimate of drug-likeness (QED) is 0.591. The van der Waals surface area contributed by atoms with Crippen LogP contribution in [0.4, 0.5) is 0 Å². The highest BCUT2D eigenvalue weighted by molar-refractivity contribution is 5.47. The van der Waals surface area contributed by atoms with Crippen molar-refractivity contribution in [1.82, 2.24) is 0 Å². The van der Waals surface area contributed by atoms with Gasteiger partial charge >= 0.3 is 0 Å². The van der Waals surface area contributed by atoms with Crippen LogP contribution in [0.5, 0.6) is 0 Å². The number of epoxide rings is 2. The van der Waals surface area contributed by atoms with Gasteiger partial charge in [-0.3, -0.25) is 0 Å². The molecule has 2 aliphatic heterocycles. The van der Waals surface area contributed by atoms with E-state index in [0.29, 0.717) is 13.2 Å². The predicted octanol–water partition coefficient (Wildman–Crippen LogP) is 4.31. The van der Waals surface area contributed by atoms with Crippen LogP contribution in [0.1, 0.15) is 22.3 Å². The van der Waals surface area contributed by atoms with Gasteiger partial charge in [-0.15, -0.1) is 0 Å². The molecule has 3 nitrogen and oxygen atoms in total. The maximum atomic E-state index is 5.81. The fourth-order valence-corrected chi connectivity index (χ4v) is 3.36. The Morgan fingerprint density at radius 1 is 0.667 bits per heavy atom. The Morgan fingerprint density at radius 3 is 1.44 bits per heavy atom. The van der Waals surface area contributed by atoms with Crippen molar-refractivity contribution < 1.29 is 14.2 Å². The molecule has 2 aromatic carbocycles. The Morgan fingerprint density at radius 2 is 1.07 bits per heavy atom. The minimum Gasteiger partial charge on any atom is -0.376 e. The maximum absolute atomic E-state index is 5.81. The minimum absolute atomic E-state index is 0.215. The summed E-state index contributed by atoms with van der Waals surface area (Å²) in [6.07, 6.45) is 6.58. The van der Waals surface area contributed by atoms with Crippen LogP contribution in [-0.2, 0) is 27.1 Å². The van der Waals surface area contributed by atoms with E-state index in [-0.39, 0.29) is 24.4 Å². The van der Waals surface area contributed by atoms with Gasteiger partial charge in [0.1, 0.15) is 12.2 Å². The lowest BCUT2D eigenvalue weighted by Crippen LogP contribution is -2.12. The Hall–Kier alpha value is -2.20. The van der Waals surface area contributed by atoms with Crippen LogP contribution in [0.25, 0.3) is 12.2 Å². The van der Waals surface area contributed by atoms with Gasteiger partial charge in [0.2, 0.25) is 0 Å². The molecular formula is C24H26O3. The summed E-state index contributed by atoms with van der Waals surface area (Å²) in [6, 6.07) is 16.9. The Kier molecular flexibility index (Phi) is 5.53. The Balaban J connectivity index is 1.11. The smallest absolute Gasteiger partial charge is 0.108 e. The van der Waals surface area contributed by atoms with Crippen molar-refractivity contribution in [3.8, 4) is 0 Å². The van der Waals surface area contributed by atoms with E-state index in [0.717, 1.165) is 24.0 Å². The first kappa shape index (κ1) is 18.2. The molecule has 2 heterocycles. The van der Waals surface area contributed by atoms with Gasteiger partial charge in [0.05, 0.1) is 25.4 Å². The van der Waals surface area contributed by atoms with Gasteiger partial charge < -0.3 is 14.2 Å². The summed E-state index contributed by atoms with van der Waals surface area (Å²) in [4.78, 5) is 0. The largest absolute Gasteiger partial charge is 0.376 e. The lowest BCUT2D eigenvalue weighted by molar-refractivity contribution is 0.102. The van der Waals surface area contributed by atoms with E-state index in [1.807, 2.05) is 12.2 Å². The molecule has 0 aromatic heterocycles. The summed E-state index contributed by atoms with van der Waals surface area (Å²) in [5.41, 5.74) is 4.87. The number of hydrogen-bond donors (Lipinski definition) is 0. The van der Waals surface area contributed by atoms with Crippen molar-refractivity contribution in [3.63, 3.8) is 0 Å². The van der Waals surface area contributed by atoms with Gasteiger partial charge in [0, 0.05) is 12.8 Å². The third-order valence-electron chi connectivity index (χ3n) is 5.24. The molecule has 4 rings (SSSR count). The van der Waals surface area contributed by atoms with E-state index < -0.39 is 0 Å². The summed E-state index contributed by atoms with van der Waals surface area (Å²) >= 11 is 0. The van der Waals surface area contributed by atoms with Crippen molar-refractivity contribution in [1.29, 1.82) is 0 Å². The molecule has 0 radical (unpaired) electrons. The monoisotopic (exact) mass is 362 g/mol. The molecule has 3 heteroatoms. The molecule has 0 amide bonds. The van der Waals surface area contributed by atoms with Gasteiger partial charge in [0.15, 0.2) is 0 Å². The van der Waals surface area contributed by atoms with E-state index in [9.17, 15) is 0 Å². The molecule has 2 fully saturated rings. The number of rotatable bonds is 10. The standard InChI is InChI=1S/C24H26O3/c1-3-17-5-9-19(10-6-17)13-21-23(26-21)15-25-16-24-22(27-24)14-20-11-7-18(4-2)8-12-20/h3-12,21-24H,1-2,13-16H2. The van der Waals surface area contributed by atoms with Crippen LogP contribution in [-0.4, -0.2) is 37.6 Å². The third-order valence-corrected chi connectivity index (χ3v) is 5.24. The first-order valence-corrected chi connectivity index (χ1v) is 9.56. The van der Waals surface area contributed by atoms with Crippen molar-refractivity contribution in [2.24, 2.45) is 0 Å². The van der Waals surface area contributed by atoms with Crippen LogP contribution in [0.15, 0.2) is 61.7 Å². The molecule has 4 unspecified atom stereocenters. The zero-order chi connectivity index (χ0) is 18.6. The van der Waals surface area contributed by atoms with E-state index in [2.05, 4.69) is 61.7 Å². The minimum atomic E-state index is 0.215. The summed E-state index contributed by atoms with van der Waals surface area (Å²) < 4.78 is 17.3. The SMILES string of the molecule is C=Cc1ccc(CC2OC2COCC2OC2Cc2ccc(C=C)cc2)cc1. The summed E-state index contributed by atoms with van der Waals surface area (Å²) in [7, 11) is 0. The Labute approximate surface area is 161 Å². The highest BCUT2D eigenvalue weighted by Crippen LogP contribution is 2.29. The third kappa shape index (κ3) is 4.95. The average molecular weight is 362 g/mol. The zero-order valence-electron chi connectivity index (χ0n) is 15.6. The van der Waals surface area contributed by atoms with Crippen molar-refractivity contribution in [2.45, 2.75) is 37.3 Å². The van der Waals surface area contributed by atoms with Crippen LogP contribution in [0.2, 0.25) is 0 Å². The molecule has 0 bridgehead atoms. The summed E-state index contributed by atoms with van der Waals surface area (Å²) in [5.74, 6) is 0. The number of ether oxygens (including phenoxy) is 3. The lowest BCUT2D eigenvalue weighted by Gasteiger charge is -2.01. The van der Waals surface area contributed by atoms with Crippen LogP contribution in [0.3, 0.4) is 0 Å². The fraction of sp³-hybridized carbons (Fsp3) is 0.333. The normalized spacial score (nSPS) is 25.8. The van der Waals surface area contributed by atoms with E-state index in [4.69, 9.17) is 14.2 Å². The van der Waals surface area contributed by atoms with Gasteiger partial charge in [0.25, 0.3) is 0 Å². The fourth-order valence-electron chi connectivity index (χ4n) is 3.36. The topological polar surface area (TPSA) is 34.3 Å². The molecule has 0 spiro atoms. The highest BCUT2D eigenvalue weighted by atomic mass is 16.6. The van der Waals surface area contributed by atoms with Crippen molar-refractivity contribution in [3.05, 3.63) is 83.9 Å². The molecule has 2 saturated heterocycles. The molecule has 0 aliphatic carbocycles. The van der Waals surface area contributed by atoms with Crippen molar-refractivity contribution in [2.75, 3.05) is 13.2 Å². The van der Waals surface area contributed by atoms with Crippen LogP contribution < -0.4 is 0 Å². The maximum Gasteiger partial charge on any atom is 0.108 e. The first-order chi connectivity index (χ1) is 13.2. The second kappa shape index (κ2) is 8.22. The second-order valence-corrected chi connectivity index (χ2v) is 7.26. The predicted molar refractivity (Wildman–Crippen MR) is 109 cm³/mol. The zero-order valence-corrected chi connectivity index (χ0v) is 15.6. The molecule has 0 N–H and O–H groups in total. The Bertz CT molecular complexity index is 711. The van der Waals surface area contributed by atoms with E-state index >= 15 is 0 Å². The van der Waals surface area contributed by atoms with Crippen LogP contribution in [0, 0.1) is 0 Å². The summed E-state index contributed by atoms with van der Waals surface area (Å²) in [5, 5.41) is 0. The van der Waals surface area contributed by atoms with E-state index in [1.54, 1.807) is 0 Å². The number of benzene rings is 2. The molecule has 2 aliphatic rings. The summed E-state index contributed by atoms with van der Waals surface area (Å²) in [6.45, 7) is 8.86. The molecule has 0 saturated carbocycles. The van der Waals surface area contributed by atoms with Gasteiger partial charge in [-0.05, 0) is 22.3 Å². The van der Waals surface area contributed by atoms with E-state index in [1.165, 1.54) is 11.1 Å². The lowest BCUT2D eigenvalue weighted by atomic mass is 10.1. The molecule has 4 atom stereocenters. The van der Waals surface area contributed by atoms with Crippen molar-refractivity contribution >= 4 is 12.2 Å². The molecule has 140 valence electrons. The molecule has 27 heavy (non-hydrogen) atoms. The van der Waals surface area contributed by atoms with Crippen LogP contribution >= 0.6 is 0 Å². The number of hydrogen-bond acceptors (Lipinski definition) is 3. The second-order valence-electron chi connectivity index (χ2n) is 7.26. The molecular weight excluding hydrogens is 336 g/mol. The highest BCUT2D eigenvalue weighted by Gasteiger charge is 2.41. The average Bonchev–Trinajstić information content (AvgIpc) is 3.62. The van der Waals surface area contributed by atoms with Gasteiger partial charge in [-0.25, -0.2) is 0 Å². The van der Waals surface area contributed by atoms with Gasteiger partial charge in [-0.2, -0.15) is 0 Å². The first-order valence-electron chi connectivity index (χ1n) is 9.56.